The molecule has 1 atom stereocenters. The van der Waals surface area contributed by atoms with Crippen LogP contribution < -0.4 is 10.6 Å². The molecule has 9 nitrogen and oxygen atoms in total. The number of rotatable bonds is 9. The topological polar surface area (TPSA) is 131 Å². The highest BCUT2D eigenvalue weighted by atomic mass is 32.2. The summed E-state index contributed by atoms with van der Waals surface area (Å²) in [6, 6.07) is 4.63. The Balaban J connectivity index is 1.89. The molecule has 180 valence electrons. The number of esters is 1. The minimum absolute atomic E-state index is 0.0775. The molecule has 1 saturated carbocycles. The highest BCUT2D eigenvalue weighted by Gasteiger charge is 2.26. The highest BCUT2D eigenvalue weighted by Crippen LogP contribution is 2.29. The predicted octanol–water partition coefficient (Wildman–Crippen LogP) is 3.46. The fourth-order valence-corrected chi connectivity index (χ4v) is 5.17. The molecule has 33 heavy (non-hydrogen) atoms. The second-order valence-corrected chi connectivity index (χ2v) is 10.4. The summed E-state index contributed by atoms with van der Waals surface area (Å²) in [5.41, 5.74) is 1.41. The smallest absolute Gasteiger partial charge is 0.343 e. The van der Waals surface area contributed by atoms with E-state index < -0.39 is 15.8 Å². The lowest BCUT2D eigenvalue weighted by Crippen LogP contribution is -2.35. The third-order valence-electron chi connectivity index (χ3n) is 5.85. The van der Waals surface area contributed by atoms with Gasteiger partial charge in [-0.05, 0) is 56.4 Å². The van der Waals surface area contributed by atoms with Crippen LogP contribution in [0.25, 0.3) is 0 Å². The number of aryl methyl sites for hydroxylation is 1. The fraction of sp³-hybridized carbons (Fsp3) is 0.522. The first-order valence-corrected chi connectivity index (χ1v) is 13.1. The van der Waals surface area contributed by atoms with Crippen molar-refractivity contribution in [3.8, 4) is 0 Å². The van der Waals surface area contributed by atoms with Crippen LogP contribution in [0.3, 0.4) is 0 Å². The third kappa shape index (κ3) is 6.42. The molecule has 0 amide bonds. The Labute approximate surface area is 194 Å². The molecule has 3 rings (SSSR count). The van der Waals surface area contributed by atoms with Gasteiger partial charge in [0.05, 0.1) is 24.2 Å². The minimum Gasteiger partial charge on any atom is -0.462 e. The lowest BCUT2D eigenvalue weighted by atomic mass is 9.84. The van der Waals surface area contributed by atoms with Crippen molar-refractivity contribution in [2.75, 3.05) is 30.1 Å². The van der Waals surface area contributed by atoms with Crippen LogP contribution >= 0.6 is 0 Å². The normalized spacial score (nSPS) is 15.6. The van der Waals surface area contributed by atoms with Gasteiger partial charge in [0.2, 0.25) is 5.95 Å². The average molecular weight is 477 g/mol. The van der Waals surface area contributed by atoms with Crippen LogP contribution in [0.1, 0.15) is 54.9 Å². The van der Waals surface area contributed by atoms with Crippen molar-refractivity contribution in [2.45, 2.75) is 56.9 Å². The lowest BCUT2D eigenvalue weighted by molar-refractivity contribution is 0.0526. The molecule has 1 heterocycles. The highest BCUT2D eigenvalue weighted by molar-refractivity contribution is 7.90. The van der Waals surface area contributed by atoms with Gasteiger partial charge in [0.25, 0.3) is 0 Å². The van der Waals surface area contributed by atoms with Crippen LogP contribution in [-0.4, -0.2) is 55.0 Å². The molecule has 0 spiro atoms. The Hall–Kier alpha value is -2.72. The number of nitrogens with zero attached hydrogens (tertiary/aromatic N) is 2. The number of aliphatic hydroxyl groups excluding tert-OH is 1. The van der Waals surface area contributed by atoms with Crippen LogP contribution in [0.4, 0.5) is 17.5 Å². The average Bonchev–Trinajstić information content (AvgIpc) is 2.77. The van der Waals surface area contributed by atoms with Gasteiger partial charge in [0.1, 0.15) is 11.4 Å². The van der Waals surface area contributed by atoms with E-state index in [1.165, 1.54) is 24.9 Å². The van der Waals surface area contributed by atoms with Gasteiger partial charge < -0.3 is 20.5 Å². The quantitative estimate of drug-likeness (QED) is 0.466. The van der Waals surface area contributed by atoms with Crippen molar-refractivity contribution in [2.24, 2.45) is 5.92 Å². The molecule has 0 bridgehead atoms. The van der Waals surface area contributed by atoms with Gasteiger partial charge in [-0.25, -0.2) is 18.2 Å². The van der Waals surface area contributed by atoms with E-state index in [1.54, 1.807) is 26.0 Å². The molecule has 1 aliphatic carbocycles. The molecule has 0 saturated heterocycles. The molecule has 1 aromatic heterocycles. The largest absolute Gasteiger partial charge is 0.462 e. The Morgan fingerprint density at radius 2 is 2.00 bits per heavy atom. The Bertz CT molecular complexity index is 1080. The molecule has 0 radical (unpaired) electrons. The van der Waals surface area contributed by atoms with Crippen molar-refractivity contribution in [1.82, 2.24) is 9.97 Å². The number of hydrogen-bond donors (Lipinski definition) is 3. The number of aliphatic hydroxyl groups is 1. The first-order valence-electron chi connectivity index (χ1n) is 11.2. The molecule has 1 aliphatic rings. The fourth-order valence-electron chi connectivity index (χ4n) is 4.21. The molecule has 0 unspecified atom stereocenters. The van der Waals surface area contributed by atoms with Gasteiger partial charge in [-0.2, -0.15) is 4.98 Å². The summed E-state index contributed by atoms with van der Waals surface area (Å²) >= 11 is 0. The first kappa shape index (κ1) is 24.9. The number of carbonyl (C=O) groups is 1. The van der Waals surface area contributed by atoms with Gasteiger partial charge in [-0.1, -0.05) is 19.3 Å². The van der Waals surface area contributed by atoms with Crippen LogP contribution in [0, 0.1) is 12.8 Å². The Morgan fingerprint density at radius 3 is 2.61 bits per heavy atom. The van der Waals surface area contributed by atoms with Crippen LogP contribution in [0.5, 0.6) is 0 Å². The summed E-state index contributed by atoms with van der Waals surface area (Å²) in [4.78, 5) is 21.5. The minimum atomic E-state index is -3.32. The molecule has 0 aliphatic heterocycles. The van der Waals surface area contributed by atoms with Crippen molar-refractivity contribution in [3.63, 3.8) is 0 Å². The third-order valence-corrected chi connectivity index (χ3v) is 7.11. The number of sulfone groups is 1. The number of benzene rings is 1. The Kier molecular flexibility index (Phi) is 8.25. The summed E-state index contributed by atoms with van der Waals surface area (Å²) in [6.07, 6.45) is 8.01. The van der Waals surface area contributed by atoms with Crippen LogP contribution in [0.15, 0.2) is 29.3 Å². The van der Waals surface area contributed by atoms with Gasteiger partial charge in [-0.3, -0.25) is 0 Å². The van der Waals surface area contributed by atoms with E-state index in [0.717, 1.165) is 25.7 Å². The number of hydrogen-bond acceptors (Lipinski definition) is 9. The van der Waals surface area contributed by atoms with E-state index in [2.05, 4.69) is 20.6 Å². The molecule has 3 N–H and O–H groups in total. The summed E-state index contributed by atoms with van der Waals surface area (Å²) in [6.45, 7) is 3.58. The maximum absolute atomic E-state index is 12.5. The maximum Gasteiger partial charge on any atom is 0.343 e. The van der Waals surface area contributed by atoms with E-state index >= 15 is 0 Å². The zero-order chi connectivity index (χ0) is 24.0. The number of nitrogens with one attached hydrogen (secondary N) is 2. The van der Waals surface area contributed by atoms with Crippen LogP contribution in [0.2, 0.25) is 0 Å². The first-order chi connectivity index (χ1) is 15.7. The van der Waals surface area contributed by atoms with E-state index in [4.69, 9.17) is 4.74 Å². The number of ether oxygens (including phenoxy) is 1. The number of anilines is 3. The second kappa shape index (κ2) is 10.9. The van der Waals surface area contributed by atoms with Gasteiger partial charge in [-0.15, -0.1) is 0 Å². The van der Waals surface area contributed by atoms with Crippen molar-refractivity contribution >= 4 is 33.3 Å². The van der Waals surface area contributed by atoms with Crippen molar-refractivity contribution in [3.05, 3.63) is 35.5 Å². The SMILES string of the molecule is CCOC(=O)c1cnc(Nc2ccc(S(C)(=O)=O)c(C)c2)nc1N[C@H](CO)C1CCCCC1. The summed E-state index contributed by atoms with van der Waals surface area (Å²) in [5, 5.41) is 16.3. The van der Waals surface area contributed by atoms with Crippen molar-refractivity contribution < 1.29 is 23.1 Å². The number of carbonyl (C=O) groups excluding carboxylic acids is 1. The monoisotopic (exact) mass is 476 g/mol. The standard InChI is InChI=1S/C23H32N4O5S/c1-4-32-22(29)18-13-24-23(25-17-10-11-20(15(2)12-17)33(3,30)31)27-21(18)26-19(14-28)16-8-6-5-7-9-16/h10-13,16,19,28H,4-9,14H2,1-3H3,(H2,24,25,26,27)/t19-/m1/s1. The van der Waals surface area contributed by atoms with E-state index in [-0.39, 0.29) is 41.6 Å². The van der Waals surface area contributed by atoms with Gasteiger partial charge in [0.15, 0.2) is 9.84 Å². The second-order valence-electron chi connectivity index (χ2n) is 8.39. The van der Waals surface area contributed by atoms with E-state index in [1.807, 2.05) is 0 Å². The molecule has 1 aromatic carbocycles. The zero-order valence-electron chi connectivity index (χ0n) is 19.3. The summed E-state index contributed by atoms with van der Waals surface area (Å²) < 4.78 is 28.9. The summed E-state index contributed by atoms with van der Waals surface area (Å²) in [5.74, 6) is 0.272. The number of aromatic nitrogens is 2. The van der Waals surface area contributed by atoms with E-state index in [9.17, 15) is 18.3 Å². The summed E-state index contributed by atoms with van der Waals surface area (Å²) in [7, 11) is -3.32. The van der Waals surface area contributed by atoms with Crippen molar-refractivity contribution in [1.29, 1.82) is 0 Å². The van der Waals surface area contributed by atoms with Crippen LogP contribution in [-0.2, 0) is 14.6 Å². The molecule has 1 fully saturated rings. The Morgan fingerprint density at radius 1 is 1.27 bits per heavy atom. The molecular weight excluding hydrogens is 444 g/mol. The molecule has 2 aromatic rings. The zero-order valence-corrected chi connectivity index (χ0v) is 20.1. The maximum atomic E-state index is 12.5. The van der Waals surface area contributed by atoms with Gasteiger partial charge >= 0.3 is 5.97 Å². The van der Waals surface area contributed by atoms with E-state index in [0.29, 0.717) is 17.1 Å². The molecular formula is C23H32N4O5S. The predicted molar refractivity (Wildman–Crippen MR) is 127 cm³/mol. The van der Waals surface area contributed by atoms with Gasteiger partial charge in [0, 0.05) is 18.1 Å². The lowest BCUT2D eigenvalue weighted by Gasteiger charge is -2.30. The molecule has 10 heteroatoms.